The molecule has 1 fully saturated rings. The van der Waals surface area contributed by atoms with Crippen molar-refractivity contribution in [2.75, 3.05) is 18.6 Å². The molecule has 6 heteroatoms. The van der Waals surface area contributed by atoms with Crippen LogP contribution in [0, 0.1) is 5.82 Å². The first kappa shape index (κ1) is 12.3. The predicted molar refractivity (Wildman–Crippen MR) is 62.9 cm³/mol. The summed E-state index contributed by atoms with van der Waals surface area (Å²) in [6.07, 6.45) is 0. The number of methoxy groups -OCH3 is 1. The molecule has 0 aromatic heterocycles. The van der Waals surface area contributed by atoms with Crippen molar-refractivity contribution < 1.29 is 18.7 Å². The van der Waals surface area contributed by atoms with Crippen LogP contribution >= 0.6 is 0 Å². The molecule has 2 rings (SSSR count). The van der Waals surface area contributed by atoms with E-state index in [1.54, 1.807) is 13.0 Å². The van der Waals surface area contributed by atoms with Gasteiger partial charge in [-0.05, 0) is 19.1 Å². The fraction of sp³-hybridized carbons (Fsp3) is 0.333. The van der Waals surface area contributed by atoms with Crippen LogP contribution in [0.2, 0.25) is 0 Å². The highest BCUT2D eigenvalue weighted by molar-refractivity contribution is 6.06. The summed E-state index contributed by atoms with van der Waals surface area (Å²) in [5.74, 6) is -1.00. The standard InChI is InChI=1S/C12H13FN2O3/c1-7-12(17)15(6-11(16)14-7)8-3-4-10(18-2)9(13)5-8/h3-5,7H,6H2,1-2H3,(H,14,16). The Bertz CT molecular complexity index is 504. The van der Waals surface area contributed by atoms with Gasteiger partial charge in [-0.2, -0.15) is 0 Å². The molecule has 18 heavy (non-hydrogen) atoms. The number of amides is 2. The average Bonchev–Trinajstić information content (AvgIpc) is 2.33. The second-order valence-electron chi connectivity index (χ2n) is 4.03. The first-order chi connectivity index (χ1) is 8.52. The number of ether oxygens (including phenoxy) is 1. The fourth-order valence-electron chi connectivity index (χ4n) is 1.85. The highest BCUT2D eigenvalue weighted by Gasteiger charge is 2.30. The first-order valence-corrected chi connectivity index (χ1v) is 5.47. The number of carbonyl (C=O) groups is 2. The Morgan fingerprint density at radius 1 is 1.44 bits per heavy atom. The molecule has 0 aliphatic carbocycles. The van der Waals surface area contributed by atoms with E-state index in [0.717, 1.165) is 0 Å². The lowest BCUT2D eigenvalue weighted by Gasteiger charge is -2.30. The van der Waals surface area contributed by atoms with Gasteiger partial charge in [0.05, 0.1) is 7.11 Å². The number of hydrogen-bond donors (Lipinski definition) is 1. The molecular formula is C12H13FN2O3. The Morgan fingerprint density at radius 2 is 2.17 bits per heavy atom. The predicted octanol–water partition coefficient (Wildman–Crippen LogP) is 0.686. The number of anilines is 1. The first-order valence-electron chi connectivity index (χ1n) is 5.47. The molecule has 0 bridgehead atoms. The van der Waals surface area contributed by atoms with Gasteiger partial charge in [0.15, 0.2) is 11.6 Å². The Hall–Kier alpha value is -2.11. The van der Waals surface area contributed by atoms with E-state index in [0.29, 0.717) is 5.69 Å². The van der Waals surface area contributed by atoms with Crippen LogP contribution < -0.4 is 15.0 Å². The fourth-order valence-corrected chi connectivity index (χ4v) is 1.85. The summed E-state index contributed by atoms with van der Waals surface area (Å²) < 4.78 is 18.4. The average molecular weight is 252 g/mol. The van der Waals surface area contributed by atoms with Gasteiger partial charge in [-0.1, -0.05) is 0 Å². The molecule has 5 nitrogen and oxygen atoms in total. The van der Waals surface area contributed by atoms with Crippen molar-refractivity contribution in [3.63, 3.8) is 0 Å². The Morgan fingerprint density at radius 3 is 2.78 bits per heavy atom. The zero-order valence-electron chi connectivity index (χ0n) is 10.1. The normalized spacial score (nSPS) is 19.7. The topological polar surface area (TPSA) is 58.6 Å². The van der Waals surface area contributed by atoms with Crippen LogP contribution in [-0.2, 0) is 9.59 Å². The number of carbonyl (C=O) groups excluding carboxylic acids is 2. The smallest absolute Gasteiger partial charge is 0.249 e. The molecular weight excluding hydrogens is 239 g/mol. The third kappa shape index (κ3) is 2.13. The van der Waals surface area contributed by atoms with Crippen LogP contribution in [0.3, 0.4) is 0 Å². The van der Waals surface area contributed by atoms with E-state index in [1.807, 2.05) is 0 Å². The summed E-state index contributed by atoms with van der Waals surface area (Å²) in [6.45, 7) is 1.49. The number of benzene rings is 1. The summed E-state index contributed by atoms with van der Waals surface area (Å²) >= 11 is 0. The molecule has 1 heterocycles. The number of rotatable bonds is 2. The van der Waals surface area contributed by atoms with E-state index in [4.69, 9.17) is 4.74 Å². The van der Waals surface area contributed by atoms with Gasteiger partial charge < -0.3 is 15.0 Å². The van der Waals surface area contributed by atoms with E-state index < -0.39 is 11.9 Å². The van der Waals surface area contributed by atoms with E-state index in [-0.39, 0.29) is 24.1 Å². The van der Waals surface area contributed by atoms with Gasteiger partial charge in [-0.3, -0.25) is 9.59 Å². The second kappa shape index (κ2) is 4.64. The molecule has 1 aliphatic heterocycles. The zero-order valence-corrected chi connectivity index (χ0v) is 10.1. The second-order valence-corrected chi connectivity index (χ2v) is 4.03. The highest BCUT2D eigenvalue weighted by atomic mass is 19.1. The monoisotopic (exact) mass is 252 g/mol. The van der Waals surface area contributed by atoms with Crippen LogP contribution in [0.1, 0.15) is 6.92 Å². The maximum absolute atomic E-state index is 13.6. The van der Waals surface area contributed by atoms with E-state index in [9.17, 15) is 14.0 Å². The van der Waals surface area contributed by atoms with Gasteiger partial charge >= 0.3 is 0 Å². The quantitative estimate of drug-likeness (QED) is 0.842. The lowest BCUT2D eigenvalue weighted by Crippen LogP contribution is -2.57. The summed E-state index contributed by atoms with van der Waals surface area (Å²) in [6, 6.07) is 3.55. The molecule has 96 valence electrons. The van der Waals surface area contributed by atoms with Crippen molar-refractivity contribution in [2.24, 2.45) is 0 Å². The lowest BCUT2D eigenvalue weighted by molar-refractivity contribution is -0.130. The zero-order chi connectivity index (χ0) is 13.3. The van der Waals surface area contributed by atoms with Crippen molar-refractivity contribution in [3.8, 4) is 5.75 Å². The summed E-state index contributed by atoms with van der Waals surface area (Å²) in [7, 11) is 1.36. The minimum absolute atomic E-state index is 0.0979. The molecule has 1 N–H and O–H groups in total. The number of piperazine rings is 1. The molecule has 2 amide bonds. The number of hydrogen-bond acceptors (Lipinski definition) is 3. The van der Waals surface area contributed by atoms with Crippen LogP contribution in [-0.4, -0.2) is 31.5 Å². The molecule has 0 radical (unpaired) electrons. The number of nitrogens with one attached hydrogen (secondary N) is 1. The van der Waals surface area contributed by atoms with Gasteiger partial charge in [0.1, 0.15) is 12.6 Å². The van der Waals surface area contributed by atoms with E-state index in [1.165, 1.54) is 24.1 Å². The van der Waals surface area contributed by atoms with Crippen LogP contribution in [0.25, 0.3) is 0 Å². The van der Waals surface area contributed by atoms with Crippen molar-refractivity contribution in [1.29, 1.82) is 0 Å². The van der Waals surface area contributed by atoms with Gasteiger partial charge in [0.2, 0.25) is 11.8 Å². The van der Waals surface area contributed by atoms with E-state index >= 15 is 0 Å². The Labute approximate surface area is 104 Å². The summed E-state index contributed by atoms with van der Waals surface area (Å²) in [5, 5.41) is 2.52. The molecule has 1 aromatic rings. The highest BCUT2D eigenvalue weighted by Crippen LogP contribution is 2.24. The molecule has 1 aromatic carbocycles. The molecule has 1 unspecified atom stereocenters. The molecule has 0 spiro atoms. The number of nitrogens with zero attached hydrogens (tertiary/aromatic N) is 1. The third-order valence-corrected chi connectivity index (χ3v) is 2.76. The summed E-state index contributed by atoms with van der Waals surface area (Å²) in [4.78, 5) is 24.5. The van der Waals surface area contributed by atoms with Crippen molar-refractivity contribution in [1.82, 2.24) is 5.32 Å². The van der Waals surface area contributed by atoms with Crippen molar-refractivity contribution >= 4 is 17.5 Å². The van der Waals surface area contributed by atoms with Gasteiger partial charge in [-0.25, -0.2) is 4.39 Å². The minimum atomic E-state index is -0.601. The maximum Gasteiger partial charge on any atom is 0.249 e. The third-order valence-electron chi connectivity index (χ3n) is 2.76. The largest absolute Gasteiger partial charge is 0.494 e. The van der Waals surface area contributed by atoms with Gasteiger partial charge in [0.25, 0.3) is 0 Å². The SMILES string of the molecule is COc1ccc(N2CC(=O)NC(C)C2=O)cc1F. The molecule has 0 saturated carbocycles. The summed E-state index contributed by atoms with van der Waals surface area (Å²) in [5.41, 5.74) is 0.347. The van der Waals surface area contributed by atoms with Crippen LogP contribution in [0.4, 0.5) is 10.1 Å². The van der Waals surface area contributed by atoms with Gasteiger partial charge in [-0.15, -0.1) is 0 Å². The minimum Gasteiger partial charge on any atom is -0.494 e. The molecule has 1 saturated heterocycles. The Balaban J connectivity index is 2.32. The molecule has 1 aliphatic rings. The van der Waals surface area contributed by atoms with Crippen LogP contribution in [0.15, 0.2) is 18.2 Å². The van der Waals surface area contributed by atoms with Gasteiger partial charge in [0, 0.05) is 11.8 Å². The molecule has 1 atom stereocenters. The number of halogens is 1. The van der Waals surface area contributed by atoms with Crippen molar-refractivity contribution in [2.45, 2.75) is 13.0 Å². The van der Waals surface area contributed by atoms with E-state index in [2.05, 4.69) is 5.32 Å². The van der Waals surface area contributed by atoms with Crippen molar-refractivity contribution in [3.05, 3.63) is 24.0 Å². The lowest BCUT2D eigenvalue weighted by atomic mass is 10.1. The maximum atomic E-state index is 13.6. The van der Waals surface area contributed by atoms with Crippen LogP contribution in [0.5, 0.6) is 5.75 Å². The Kier molecular flexibility index (Phi) is 3.18.